The molecule has 0 aromatic heterocycles. The van der Waals surface area contributed by atoms with Gasteiger partial charge in [0.25, 0.3) is 0 Å². The van der Waals surface area contributed by atoms with Gasteiger partial charge < -0.3 is 4.74 Å². The Morgan fingerprint density at radius 3 is 2.81 bits per heavy atom. The lowest BCUT2D eigenvalue weighted by Crippen LogP contribution is -2.02. The Balaban J connectivity index is 2.31. The number of carbonyl (C=O) groups excluding carboxylic acids is 1. The van der Waals surface area contributed by atoms with E-state index in [1.54, 1.807) is 6.08 Å². The van der Waals surface area contributed by atoms with Crippen molar-refractivity contribution in [3.63, 3.8) is 0 Å². The van der Waals surface area contributed by atoms with Crippen molar-refractivity contribution in [3.05, 3.63) is 28.2 Å². The lowest BCUT2D eigenvalue weighted by molar-refractivity contribution is 0.338. The monoisotopic (exact) mass is 281 g/mol. The molecule has 0 bridgehead atoms. The first-order valence-corrected chi connectivity index (χ1v) is 6.03. The Labute approximate surface area is 103 Å². The molecule has 2 rings (SSSR count). The largest absolute Gasteiger partial charge is 0.493 e. The quantitative estimate of drug-likeness (QED) is 0.628. The van der Waals surface area contributed by atoms with Crippen molar-refractivity contribution >= 4 is 22.0 Å². The van der Waals surface area contributed by atoms with E-state index in [0.29, 0.717) is 6.61 Å². The maximum atomic E-state index is 10.4. The second kappa shape index (κ2) is 4.40. The fourth-order valence-electron chi connectivity index (χ4n) is 1.73. The molecule has 0 heterocycles. The van der Waals surface area contributed by atoms with Crippen LogP contribution < -0.4 is 4.74 Å². The second-order valence-corrected chi connectivity index (χ2v) is 4.67. The van der Waals surface area contributed by atoms with Gasteiger partial charge in [-0.1, -0.05) is 6.07 Å². The summed E-state index contributed by atoms with van der Waals surface area (Å²) in [5.74, 6) is 0.817. The number of halogens is 1. The summed E-state index contributed by atoms with van der Waals surface area (Å²) in [7, 11) is 0. The summed E-state index contributed by atoms with van der Waals surface area (Å²) < 4.78 is 6.33. The topological polar surface area (TPSA) is 38.7 Å². The molecule has 4 heteroatoms. The standard InChI is InChI=1S/C12H12BrNO2/c1-2-16-11-4-3-9(7-10(11)13)12(5-6-12)14-8-15/h3-4,7H,2,5-6H2,1H3. The van der Waals surface area contributed by atoms with Crippen LogP contribution in [0.4, 0.5) is 0 Å². The summed E-state index contributed by atoms with van der Waals surface area (Å²) in [6.07, 6.45) is 3.50. The first kappa shape index (κ1) is 11.4. The van der Waals surface area contributed by atoms with Crippen LogP contribution in [0.2, 0.25) is 0 Å². The fraction of sp³-hybridized carbons (Fsp3) is 0.417. The highest BCUT2D eigenvalue weighted by atomic mass is 79.9. The molecule has 1 fully saturated rings. The van der Waals surface area contributed by atoms with Gasteiger partial charge in [0.2, 0.25) is 6.08 Å². The van der Waals surface area contributed by atoms with Crippen molar-refractivity contribution < 1.29 is 9.53 Å². The summed E-state index contributed by atoms with van der Waals surface area (Å²) in [5.41, 5.74) is 0.737. The van der Waals surface area contributed by atoms with Crippen molar-refractivity contribution in [3.8, 4) is 5.75 Å². The molecule has 84 valence electrons. The summed E-state index contributed by atoms with van der Waals surface area (Å²) >= 11 is 3.45. The van der Waals surface area contributed by atoms with E-state index in [0.717, 1.165) is 28.6 Å². The number of hydrogen-bond donors (Lipinski definition) is 0. The van der Waals surface area contributed by atoms with Crippen LogP contribution in [0.25, 0.3) is 0 Å². The highest BCUT2D eigenvalue weighted by Gasteiger charge is 2.44. The molecular weight excluding hydrogens is 270 g/mol. The third-order valence-corrected chi connectivity index (χ3v) is 3.37. The van der Waals surface area contributed by atoms with Gasteiger partial charge in [-0.25, -0.2) is 4.79 Å². The minimum atomic E-state index is -0.311. The number of ether oxygens (including phenoxy) is 1. The van der Waals surface area contributed by atoms with E-state index in [-0.39, 0.29) is 5.54 Å². The minimum Gasteiger partial charge on any atom is -0.493 e. The molecule has 0 atom stereocenters. The van der Waals surface area contributed by atoms with E-state index in [4.69, 9.17) is 4.74 Å². The third-order valence-electron chi connectivity index (χ3n) is 2.75. The molecule has 1 aliphatic carbocycles. The zero-order valence-electron chi connectivity index (χ0n) is 9.00. The number of benzene rings is 1. The van der Waals surface area contributed by atoms with Crippen LogP contribution in [0.1, 0.15) is 25.3 Å². The van der Waals surface area contributed by atoms with Crippen molar-refractivity contribution in [2.24, 2.45) is 4.99 Å². The summed E-state index contributed by atoms with van der Waals surface area (Å²) in [5, 5.41) is 0. The zero-order chi connectivity index (χ0) is 11.6. The minimum absolute atomic E-state index is 0.311. The highest BCUT2D eigenvalue weighted by Crippen LogP contribution is 2.50. The smallest absolute Gasteiger partial charge is 0.235 e. The molecule has 0 aliphatic heterocycles. The van der Waals surface area contributed by atoms with Crippen molar-refractivity contribution in [1.29, 1.82) is 0 Å². The van der Waals surface area contributed by atoms with Gasteiger partial charge >= 0.3 is 0 Å². The number of rotatable bonds is 4. The second-order valence-electron chi connectivity index (χ2n) is 3.81. The molecule has 3 nitrogen and oxygen atoms in total. The van der Waals surface area contributed by atoms with Gasteiger partial charge in [-0.2, -0.15) is 4.99 Å². The fourth-order valence-corrected chi connectivity index (χ4v) is 2.23. The lowest BCUT2D eigenvalue weighted by Gasteiger charge is -2.11. The number of aliphatic imine (C=N–C) groups is 1. The highest BCUT2D eigenvalue weighted by molar-refractivity contribution is 9.10. The summed E-state index contributed by atoms with van der Waals surface area (Å²) in [6, 6.07) is 5.84. The van der Waals surface area contributed by atoms with Crippen molar-refractivity contribution in [1.82, 2.24) is 0 Å². The Kier molecular flexibility index (Phi) is 3.13. The van der Waals surface area contributed by atoms with Crippen LogP contribution in [-0.2, 0) is 10.3 Å². The zero-order valence-corrected chi connectivity index (χ0v) is 10.6. The molecule has 1 aromatic carbocycles. The predicted octanol–water partition coefficient (Wildman–Crippen LogP) is 3.17. The molecular formula is C12H12BrNO2. The van der Waals surface area contributed by atoms with Gasteiger partial charge in [-0.15, -0.1) is 0 Å². The van der Waals surface area contributed by atoms with Crippen molar-refractivity contribution in [2.45, 2.75) is 25.3 Å². The maximum Gasteiger partial charge on any atom is 0.235 e. The van der Waals surface area contributed by atoms with E-state index in [9.17, 15) is 4.79 Å². The molecule has 0 amide bonds. The Morgan fingerprint density at radius 2 is 2.31 bits per heavy atom. The van der Waals surface area contributed by atoms with Crippen LogP contribution in [0.3, 0.4) is 0 Å². The first-order chi connectivity index (χ1) is 7.72. The Morgan fingerprint density at radius 1 is 1.56 bits per heavy atom. The number of nitrogens with zero attached hydrogens (tertiary/aromatic N) is 1. The van der Waals surface area contributed by atoms with Gasteiger partial charge in [0.05, 0.1) is 16.6 Å². The molecule has 1 aliphatic rings. The molecule has 0 spiro atoms. The molecule has 0 radical (unpaired) electrons. The molecule has 16 heavy (non-hydrogen) atoms. The van der Waals surface area contributed by atoms with Crippen molar-refractivity contribution in [2.75, 3.05) is 6.61 Å². The van der Waals surface area contributed by atoms with Crippen LogP contribution in [0.15, 0.2) is 27.7 Å². The molecule has 1 saturated carbocycles. The summed E-state index contributed by atoms with van der Waals surface area (Å²) in [6.45, 7) is 2.58. The van der Waals surface area contributed by atoms with Gasteiger partial charge in [0.15, 0.2) is 0 Å². The molecule has 0 saturated heterocycles. The third kappa shape index (κ3) is 2.04. The molecule has 0 N–H and O–H groups in total. The average Bonchev–Trinajstić information content (AvgIpc) is 3.03. The Bertz CT molecular complexity index is 448. The first-order valence-electron chi connectivity index (χ1n) is 5.24. The number of isocyanates is 1. The van der Waals surface area contributed by atoms with Gasteiger partial charge in [0.1, 0.15) is 5.75 Å². The van der Waals surface area contributed by atoms with E-state index in [1.807, 2.05) is 25.1 Å². The van der Waals surface area contributed by atoms with Gasteiger partial charge in [-0.05, 0) is 53.4 Å². The van der Waals surface area contributed by atoms with Crippen LogP contribution in [-0.4, -0.2) is 12.7 Å². The maximum absolute atomic E-state index is 10.4. The predicted molar refractivity (Wildman–Crippen MR) is 64.3 cm³/mol. The Hall–Kier alpha value is -1.12. The van der Waals surface area contributed by atoms with Gasteiger partial charge in [0, 0.05) is 0 Å². The van der Waals surface area contributed by atoms with E-state index < -0.39 is 0 Å². The van der Waals surface area contributed by atoms with E-state index >= 15 is 0 Å². The summed E-state index contributed by atoms with van der Waals surface area (Å²) in [4.78, 5) is 14.2. The molecule has 1 aromatic rings. The van der Waals surface area contributed by atoms with Crippen LogP contribution in [0.5, 0.6) is 5.75 Å². The van der Waals surface area contributed by atoms with Crippen LogP contribution in [0, 0.1) is 0 Å². The van der Waals surface area contributed by atoms with E-state index in [1.165, 1.54) is 0 Å². The lowest BCUT2D eigenvalue weighted by atomic mass is 10.1. The normalized spacial score (nSPS) is 16.4. The van der Waals surface area contributed by atoms with Gasteiger partial charge in [-0.3, -0.25) is 0 Å². The number of hydrogen-bond acceptors (Lipinski definition) is 3. The van der Waals surface area contributed by atoms with E-state index in [2.05, 4.69) is 20.9 Å². The average molecular weight is 282 g/mol. The SMILES string of the molecule is CCOc1ccc(C2(N=C=O)CC2)cc1Br. The molecule has 0 unspecified atom stereocenters. The van der Waals surface area contributed by atoms with Crippen LogP contribution >= 0.6 is 15.9 Å².